The van der Waals surface area contributed by atoms with Crippen molar-refractivity contribution in [3.8, 4) is 6.07 Å². The number of likely N-dealkylation sites (tertiary alicyclic amines) is 1. The molecule has 1 aliphatic rings. The zero-order chi connectivity index (χ0) is 12.8. The van der Waals surface area contributed by atoms with Crippen molar-refractivity contribution in [2.75, 3.05) is 25.0 Å². The predicted octanol–water partition coefficient (Wildman–Crippen LogP) is 2.24. The highest BCUT2D eigenvalue weighted by Crippen LogP contribution is 2.17. The first-order chi connectivity index (χ1) is 8.83. The molecule has 0 aliphatic carbocycles. The van der Waals surface area contributed by atoms with Gasteiger partial charge in [-0.2, -0.15) is 5.26 Å². The van der Waals surface area contributed by atoms with Gasteiger partial charge in [-0.05, 0) is 38.1 Å². The molecule has 96 valence electrons. The molecule has 1 N–H and O–H groups in total. The number of anilines is 1. The molecule has 2 rings (SSSR count). The van der Waals surface area contributed by atoms with Gasteiger partial charge in [0.05, 0.1) is 11.6 Å². The quantitative estimate of drug-likeness (QED) is 0.882. The van der Waals surface area contributed by atoms with Crippen LogP contribution < -0.4 is 5.32 Å². The second-order valence-corrected chi connectivity index (χ2v) is 4.70. The summed E-state index contributed by atoms with van der Waals surface area (Å²) in [5.74, 6) is 0.802. The van der Waals surface area contributed by atoms with Crippen molar-refractivity contribution < 1.29 is 0 Å². The lowest BCUT2D eigenvalue weighted by atomic mass is 10.0. The van der Waals surface area contributed by atoms with Crippen molar-refractivity contribution >= 4 is 5.82 Å². The number of nitrogens with zero attached hydrogens (tertiary/aromatic N) is 3. The molecule has 1 aromatic heterocycles. The molecule has 0 bridgehead atoms. The lowest BCUT2D eigenvalue weighted by Crippen LogP contribution is -2.43. The maximum Gasteiger partial charge on any atom is 0.127 e. The topological polar surface area (TPSA) is 52.0 Å². The van der Waals surface area contributed by atoms with Gasteiger partial charge < -0.3 is 5.32 Å². The summed E-state index contributed by atoms with van der Waals surface area (Å²) in [6.45, 7) is 5.44. The van der Waals surface area contributed by atoms with E-state index in [0.717, 1.165) is 18.9 Å². The average molecular weight is 244 g/mol. The highest BCUT2D eigenvalue weighted by molar-refractivity contribution is 5.42. The number of aromatic nitrogens is 1. The minimum atomic E-state index is 0.594. The molecule has 0 saturated carbocycles. The van der Waals surface area contributed by atoms with Crippen LogP contribution >= 0.6 is 0 Å². The Bertz CT molecular complexity index is 424. The first-order valence-corrected chi connectivity index (χ1v) is 6.67. The molecule has 18 heavy (non-hydrogen) atoms. The lowest BCUT2D eigenvalue weighted by molar-refractivity contribution is 0.164. The second-order valence-electron chi connectivity index (χ2n) is 4.70. The van der Waals surface area contributed by atoms with Gasteiger partial charge in [-0.3, -0.25) is 4.90 Å². The van der Waals surface area contributed by atoms with E-state index in [1.807, 2.05) is 0 Å². The Hall–Kier alpha value is -1.60. The Morgan fingerprint density at radius 2 is 2.44 bits per heavy atom. The molecule has 1 atom stereocenters. The van der Waals surface area contributed by atoms with E-state index in [1.54, 1.807) is 18.3 Å². The van der Waals surface area contributed by atoms with Crippen LogP contribution in [0.5, 0.6) is 0 Å². The van der Waals surface area contributed by atoms with E-state index in [9.17, 15) is 0 Å². The number of hydrogen-bond donors (Lipinski definition) is 1. The fourth-order valence-electron chi connectivity index (χ4n) is 2.53. The largest absolute Gasteiger partial charge is 0.368 e. The minimum Gasteiger partial charge on any atom is -0.368 e. The summed E-state index contributed by atoms with van der Waals surface area (Å²) < 4.78 is 0. The molecule has 2 heterocycles. The number of piperidine rings is 1. The third kappa shape index (κ3) is 3.21. The number of hydrogen-bond acceptors (Lipinski definition) is 4. The number of rotatable bonds is 4. The fraction of sp³-hybridized carbons (Fsp3) is 0.571. The summed E-state index contributed by atoms with van der Waals surface area (Å²) in [4.78, 5) is 6.76. The van der Waals surface area contributed by atoms with Crippen molar-refractivity contribution in [1.82, 2.24) is 9.88 Å². The Kier molecular flexibility index (Phi) is 4.54. The molecule has 0 aromatic carbocycles. The monoisotopic (exact) mass is 244 g/mol. The average Bonchev–Trinajstić information content (AvgIpc) is 2.45. The van der Waals surface area contributed by atoms with Gasteiger partial charge in [-0.15, -0.1) is 0 Å². The summed E-state index contributed by atoms with van der Waals surface area (Å²) in [5.41, 5.74) is 0.656. The van der Waals surface area contributed by atoms with Crippen LogP contribution in [0.15, 0.2) is 18.3 Å². The zero-order valence-corrected chi connectivity index (χ0v) is 10.9. The maximum absolute atomic E-state index is 8.85. The predicted molar refractivity (Wildman–Crippen MR) is 72.3 cm³/mol. The molecule has 0 unspecified atom stereocenters. The van der Waals surface area contributed by atoms with Gasteiger partial charge in [0.2, 0.25) is 0 Å². The van der Waals surface area contributed by atoms with E-state index >= 15 is 0 Å². The number of nitriles is 1. The van der Waals surface area contributed by atoms with Gasteiger partial charge in [-0.1, -0.05) is 13.3 Å². The van der Waals surface area contributed by atoms with E-state index in [-0.39, 0.29) is 0 Å². The summed E-state index contributed by atoms with van der Waals surface area (Å²) in [6.07, 6.45) is 5.55. The Labute approximate surface area is 109 Å². The summed E-state index contributed by atoms with van der Waals surface area (Å²) in [7, 11) is 0. The first-order valence-electron chi connectivity index (χ1n) is 6.67. The smallest absolute Gasteiger partial charge is 0.127 e. The van der Waals surface area contributed by atoms with Crippen LogP contribution in [-0.2, 0) is 0 Å². The lowest BCUT2D eigenvalue weighted by Gasteiger charge is -2.35. The van der Waals surface area contributed by atoms with Gasteiger partial charge in [0, 0.05) is 18.8 Å². The minimum absolute atomic E-state index is 0.594. The van der Waals surface area contributed by atoms with Crippen LogP contribution in [0, 0.1) is 11.3 Å². The van der Waals surface area contributed by atoms with E-state index in [0.29, 0.717) is 11.6 Å². The normalized spacial score (nSPS) is 20.3. The van der Waals surface area contributed by atoms with E-state index in [2.05, 4.69) is 28.2 Å². The van der Waals surface area contributed by atoms with Gasteiger partial charge >= 0.3 is 0 Å². The molecule has 1 saturated heterocycles. The molecule has 1 aliphatic heterocycles. The van der Waals surface area contributed by atoms with Crippen LogP contribution in [0.2, 0.25) is 0 Å². The SMILES string of the molecule is CCN1CCCC[C@H]1CNc1cc(C#N)ccn1. The molecule has 4 heteroatoms. The number of likely N-dealkylation sites (N-methyl/N-ethyl adjacent to an activating group) is 1. The maximum atomic E-state index is 8.85. The number of pyridine rings is 1. The molecule has 4 nitrogen and oxygen atoms in total. The highest BCUT2D eigenvalue weighted by atomic mass is 15.2. The molecule has 1 aromatic rings. The van der Waals surface area contributed by atoms with Crippen molar-refractivity contribution in [1.29, 1.82) is 5.26 Å². The Balaban J connectivity index is 1.91. The van der Waals surface area contributed by atoms with Gasteiger partial charge in [0.25, 0.3) is 0 Å². The van der Waals surface area contributed by atoms with Gasteiger partial charge in [0.15, 0.2) is 0 Å². The molecular formula is C14H20N4. The van der Waals surface area contributed by atoms with E-state index in [1.165, 1.54) is 25.8 Å². The molecular weight excluding hydrogens is 224 g/mol. The van der Waals surface area contributed by atoms with E-state index in [4.69, 9.17) is 5.26 Å². The second kappa shape index (κ2) is 6.36. The van der Waals surface area contributed by atoms with E-state index < -0.39 is 0 Å². The van der Waals surface area contributed by atoms with Crippen molar-refractivity contribution in [2.45, 2.75) is 32.2 Å². The fourth-order valence-corrected chi connectivity index (χ4v) is 2.53. The zero-order valence-electron chi connectivity index (χ0n) is 10.9. The third-order valence-corrected chi connectivity index (χ3v) is 3.56. The van der Waals surface area contributed by atoms with Crippen LogP contribution in [0.25, 0.3) is 0 Å². The molecule has 0 radical (unpaired) electrons. The summed E-state index contributed by atoms with van der Waals surface area (Å²) in [6, 6.07) is 6.26. The number of nitrogens with one attached hydrogen (secondary N) is 1. The molecule has 1 fully saturated rings. The first kappa shape index (κ1) is 12.8. The highest BCUT2D eigenvalue weighted by Gasteiger charge is 2.20. The molecule has 0 amide bonds. The van der Waals surface area contributed by atoms with Crippen LogP contribution in [0.4, 0.5) is 5.82 Å². The summed E-state index contributed by atoms with van der Waals surface area (Å²) in [5, 5.41) is 12.2. The van der Waals surface area contributed by atoms with Crippen LogP contribution in [-0.4, -0.2) is 35.6 Å². The molecule has 0 spiro atoms. The van der Waals surface area contributed by atoms with Crippen molar-refractivity contribution in [2.24, 2.45) is 0 Å². The Morgan fingerprint density at radius 1 is 1.56 bits per heavy atom. The van der Waals surface area contributed by atoms with Crippen molar-refractivity contribution in [3.63, 3.8) is 0 Å². The summed E-state index contributed by atoms with van der Waals surface area (Å²) >= 11 is 0. The van der Waals surface area contributed by atoms with Gasteiger partial charge in [0.1, 0.15) is 5.82 Å². The third-order valence-electron chi connectivity index (χ3n) is 3.56. The Morgan fingerprint density at radius 3 is 3.22 bits per heavy atom. The standard InChI is InChI=1S/C14H20N4/c1-2-18-8-4-3-5-13(18)11-17-14-9-12(10-15)6-7-16-14/h6-7,9,13H,2-5,8,11H2,1H3,(H,16,17)/t13-/m0/s1. The van der Waals surface area contributed by atoms with Crippen LogP contribution in [0.3, 0.4) is 0 Å². The van der Waals surface area contributed by atoms with Crippen LogP contribution in [0.1, 0.15) is 31.7 Å². The van der Waals surface area contributed by atoms with Crippen molar-refractivity contribution in [3.05, 3.63) is 23.9 Å². The van der Waals surface area contributed by atoms with Gasteiger partial charge in [-0.25, -0.2) is 4.98 Å².